The molecule has 1 aromatic carbocycles. The van der Waals surface area contributed by atoms with Crippen LogP contribution in [-0.4, -0.2) is 19.4 Å². The summed E-state index contributed by atoms with van der Waals surface area (Å²) in [6.07, 6.45) is 3.92. The highest BCUT2D eigenvalue weighted by atomic mass is 35.5. The minimum absolute atomic E-state index is 0.358. The Morgan fingerprint density at radius 2 is 1.70 bits per heavy atom. The van der Waals surface area contributed by atoms with Crippen LogP contribution in [-0.2, 0) is 4.74 Å². The molecule has 1 aliphatic heterocycles. The van der Waals surface area contributed by atoms with E-state index >= 15 is 0 Å². The first-order valence-corrected chi connectivity index (χ1v) is 9.11. The highest BCUT2D eigenvalue weighted by Crippen LogP contribution is 2.36. The Hall–Kier alpha value is -1.06. The first-order valence-electron chi connectivity index (χ1n) is 8.73. The number of nitrogens with one attached hydrogen (secondary N) is 1. The van der Waals surface area contributed by atoms with E-state index in [1.807, 2.05) is 34.6 Å². The number of nitrogen functional groups attached to an aromatic ring is 1. The monoisotopic (exact) mass is 342 g/mol. The average molecular weight is 343 g/mol. The first kappa shape index (κ1) is 24.2. The smallest absolute Gasteiger partial charge is 0.0557 e. The summed E-state index contributed by atoms with van der Waals surface area (Å²) in [6.45, 7) is 15.7. The summed E-state index contributed by atoms with van der Waals surface area (Å²) < 4.78 is 5.16. The van der Waals surface area contributed by atoms with Crippen LogP contribution >= 0.6 is 11.6 Å². The average Bonchev–Trinajstić information content (AvgIpc) is 2.54. The van der Waals surface area contributed by atoms with E-state index in [4.69, 9.17) is 27.5 Å². The maximum Gasteiger partial charge on any atom is 0.0557 e. The Morgan fingerprint density at radius 3 is 2.00 bits per heavy atom. The van der Waals surface area contributed by atoms with Crippen LogP contribution in [0.4, 0.5) is 5.69 Å². The van der Waals surface area contributed by atoms with Crippen LogP contribution in [0.1, 0.15) is 77.0 Å². The SMILES string of the molecule is CC.CC.CCCC.Cc1c(C=N)c(N)cc(Cl)c1C1COC1. The summed E-state index contributed by atoms with van der Waals surface area (Å²) in [5.41, 5.74) is 9.21. The first-order chi connectivity index (χ1) is 11.1. The Balaban J connectivity index is 0. The van der Waals surface area contributed by atoms with Gasteiger partial charge in [-0.25, -0.2) is 0 Å². The zero-order valence-corrected chi connectivity index (χ0v) is 16.7. The summed E-state index contributed by atoms with van der Waals surface area (Å²) in [5, 5.41) is 8.01. The molecule has 0 amide bonds. The highest BCUT2D eigenvalue weighted by Gasteiger charge is 2.26. The second-order valence-electron chi connectivity index (χ2n) is 4.78. The molecule has 0 aromatic heterocycles. The molecule has 3 nitrogen and oxygen atoms in total. The Bertz CT molecular complexity index is 441. The van der Waals surface area contributed by atoms with Gasteiger partial charge in [-0.3, -0.25) is 0 Å². The molecule has 0 aliphatic carbocycles. The lowest BCUT2D eigenvalue weighted by Crippen LogP contribution is -2.26. The predicted molar refractivity (Wildman–Crippen MR) is 105 cm³/mol. The van der Waals surface area contributed by atoms with Gasteiger partial charge in [0.25, 0.3) is 0 Å². The minimum Gasteiger partial charge on any atom is -0.398 e. The highest BCUT2D eigenvalue weighted by molar-refractivity contribution is 6.32. The summed E-state index contributed by atoms with van der Waals surface area (Å²) in [7, 11) is 0. The summed E-state index contributed by atoms with van der Waals surface area (Å²) in [4.78, 5) is 0. The van der Waals surface area contributed by atoms with E-state index in [0.717, 1.165) is 16.7 Å². The number of anilines is 1. The van der Waals surface area contributed by atoms with Crippen molar-refractivity contribution < 1.29 is 4.74 Å². The Kier molecular flexibility index (Phi) is 15.3. The molecule has 1 saturated heterocycles. The second-order valence-corrected chi connectivity index (χ2v) is 5.19. The standard InChI is InChI=1S/C11H13ClN2O.C4H10.2C2H6/c1-6-8(3-13)10(14)2-9(12)11(6)7-4-15-5-7;1-3-4-2;2*1-2/h2-3,7,13H,4-5,14H2,1H3;3-4H2,1-2H3;2*1-2H3. The van der Waals surface area contributed by atoms with Gasteiger partial charge in [-0.2, -0.15) is 0 Å². The summed E-state index contributed by atoms with van der Waals surface area (Å²) in [5.74, 6) is 0.358. The lowest BCUT2D eigenvalue weighted by molar-refractivity contribution is 0.00821. The molecule has 0 bridgehead atoms. The number of hydrogen-bond donors (Lipinski definition) is 2. The molecule has 1 aromatic rings. The maximum atomic E-state index is 7.33. The molecular formula is C19H35ClN2O. The van der Waals surface area contributed by atoms with E-state index in [0.29, 0.717) is 29.8 Å². The van der Waals surface area contributed by atoms with Gasteiger partial charge in [-0.1, -0.05) is 66.0 Å². The molecule has 4 heteroatoms. The van der Waals surface area contributed by atoms with Crippen LogP contribution in [0.2, 0.25) is 5.02 Å². The summed E-state index contributed by atoms with van der Waals surface area (Å²) >= 11 is 6.16. The number of hydrogen-bond acceptors (Lipinski definition) is 3. The van der Waals surface area contributed by atoms with Crippen molar-refractivity contribution in [2.75, 3.05) is 18.9 Å². The summed E-state index contributed by atoms with van der Waals surface area (Å²) in [6, 6.07) is 1.72. The van der Waals surface area contributed by atoms with Crippen LogP contribution in [0.15, 0.2) is 6.07 Å². The van der Waals surface area contributed by atoms with E-state index in [2.05, 4.69) is 13.8 Å². The van der Waals surface area contributed by atoms with Crippen LogP contribution < -0.4 is 5.73 Å². The van der Waals surface area contributed by atoms with Crippen molar-refractivity contribution in [3.63, 3.8) is 0 Å². The van der Waals surface area contributed by atoms with Gasteiger partial charge in [0.2, 0.25) is 0 Å². The van der Waals surface area contributed by atoms with Crippen molar-refractivity contribution in [3.8, 4) is 0 Å². The van der Waals surface area contributed by atoms with Crippen molar-refractivity contribution in [2.45, 2.75) is 67.2 Å². The molecule has 1 heterocycles. The third-order valence-corrected chi connectivity index (χ3v) is 3.66. The largest absolute Gasteiger partial charge is 0.398 e. The lowest BCUT2D eigenvalue weighted by Gasteiger charge is -2.29. The van der Waals surface area contributed by atoms with Gasteiger partial charge >= 0.3 is 0 Å². The topological polar surface area (TPSA) is 59.1 Å². The lowest BCUT2D eigenvalue weighted by atomic mass is 9.90. The van der Waals surface area contributed by atoms with Gasteiger partial charge in [0, 0.05) is 28.4 Å². The van der Waals surface area contributed by atoms with Crippen molar-refractivity contribution in [1.29, 1.82) is 5.41 Å². The van der Waals surface area contributed by atoms with Crippen molar-refractivity contribution in [2.24, 2.45) is 0 Å². The molecule has 0 radical (unpaired) electrons. The number of ether oxygens (including phenoxy) is 1. The van der Waals surface area contributed by atoms with Crippen molar-refractivity contribution >= 4 is 23.5 Å². The maximum absolute atomic E-state index is 7.33. The molecule has 134 valence electrons. The fourth-order valence-corrected chi connectivity index (χ4v) is 2.34. The number of benzene rings is 1. The van der Waals surface area contributed by atoms with Crippen LogP contribution in [0.25, 0.3) is 0 Å². The van der Waals surface area contributed by atoms with Gasteiger partial charge in [0.05, 0.1) is 13.2 Å². The Labute approximate surface area is 148 Å². The quantitative estimate of drug-likeness (QED) is 0.507. The molecule has 1 fully saturated rings. The van der Waals surface area contributed by atoms with Crippen molar-refractivity contribution in [3.05, 3.63) is 27.8 Å². The number of unbranched alkanes of at least 4 members (excludes halogenated alkanes) is 1. The molecule has 1 aliphatic rings. The normalized spacial score (nSPS) is 12.3. The fourth-order valence-electron chi connectivity index (χ4n) is 1.93. The van der Waals surface area contributed by atoms with E-state index in [-0.39, 0.29) is 0 Å². The molecule has 0 saturated carbocycles. The van der Waals surface area contributed by atoms with Crippen LogP contribution in [0, 0.1) is 12.3 Å². The number of nitrogens with two attached hydrogens (primary N) is 1. The van der Waals surface area contributed by atoms with E-state index in [1.54, 1.807) is 6.07 Å². The van der Waals surface area contributed by atoms with Crippen LogP contribution in [0.5, 0.6) is 0 Å². The Morgan fingerprint density at radius 1 is 1.22 bits per heavy atom. The van der Waals surface area contributed by atoms with Crippen molar-refractivity contribution in [1.82, 2.24) is 0 Å². The van der Waals surface area contributed by atoms with Gasteiger partial charge in [0.1, 0.15) is 0 Å². The zero-order chi connectivity index (χ0) is 18.4. The van der Waals surface area contributed by atoms with E-state index in [1.165, 1.54) is 19.1 Å². The number of rotatable bonds is 3. The third kappa shape index (κ3) is 7.36. The van der Waals surface area contributed by atoms with Gasteiger partial charge in [-0.05, 0) is 24.1 Å². The number of halogens is 1. The minimum atomic E-state index is 0.358. The molecule has 3 N–H and O–H groups in total. The van der Waals surface area contributed by atoms with Crippen LogP contribution in [0.3, 0.4) is 0 Å². The molecule has 2 rings (SSSR count). The molecule has 0 atom stereocenters. The van der Waals surface area contributed by atoms with Gasteiger partial charge < -0.3 is 15.9 Å². The molecule has 23 heavy (non-hydrogen) atoms. The third-order valence-electron chi connectivity index (χ3n) is 3.35. The van der Waals surface area contributed by atoms with Gasteiger partial charge in [-0.15, -0.1) is 0 Å². The van der Waals surface area contributed by atoms with E-state index in [9.17, 15) is 0 Å². The fraction of sp³-hybridized carbons (Fsp3) is 0.632. The van der Waals surface area contributed by atoms with E-state index < -0.39 is 0 Å². The van der Waals surface area contributed by atoms with Gasteiger partial charge in [0.15, 0.2) is 0 Å². The zero-order valence-electron chi connectivity index (χ0n) is 15.9. The molecular weight excluding hydrogens is 308 g/mol. The second kappa shape index (κ2) is 14.5. The molecule has 0 spiro atoms. The molecule has 0 unspecified atom stereocenters. The predicted octanol–water partition coefficient (Wildman–Crippen LogP) is 6.20.